The molecule has 1 aliphatic heterocycles. The third kappa shape index (κ3) is 3.63. The Labute approximate surface area is 131 Å². The van der Waals surface area contributed by atoms with E-state index in [0.29, 0.717) is 12.2 Å². The van der Waals surface area contributed by atoms with Crippen LogP contribution in [0.3, 0.4) is 0 Å². The fourth-order valence-corrected chi connectivity index (χ4v) is 4.16. The number of benzene rings is 1. The van der Waals surface area contributed by atoms with Crippen LogP contribution < -0.4 is 0 Å². The molecule has 1 fully saturated rings. The van der Waals surface area contributed by atoms with Crippen molar-refractivity contribution >= 4 is 32.0 Å². The van der Waals surface area contributed by atoms with Crippen molar-refractivity contribution in [1.82, 2.24) is 0 Å². The molecule has 1 aliphatic rings. The Morgan fingerprint density at radius 1 is 1.19 bits per heavy atom. The Morgan fingerprint density at radius 2 is 1.95 bits per heavy atom. The smallest absolute Gasteiger partial charge is 0.152 e. The molecule has 2 aromatic rings. The summed E-state index contributed by atoms with van der Waals surface area (Å²) >= 11 is 3.39. The molecule has 0 saturated carbocycles. The second kappa shape index (κ2) is 5.77. The van der Waals surface area contributed by atoms with Crippen molar-refractivity contribution in [3.63, 3.8) is 0 Å². The van der Waals surface area contributed by atoms with Gasteiger partial charge in [-0.05, 0) is 30.7 Å². The number of hydrogen-bond acceptors (Lipinski definition) is 4. The van der Waals surface area contributed by atoms with Crippen molar-refractivity contribution in [2.24, 2.45) is 4.99 Å². The molecule has 1 unspecified atom stereocenters. The van der Waals surface area contributed by atoms with Crippen molar-refractivity contribution in [3.05, 3.63) is 46.6 Å². The molecule has 1 aromatic heterocycles. The number of furan rings is 1. The minimum absolute atomic E-state index is 0.142. The highest BCUT2D eigenvalue weighted by Gasteiger charge is 2.26. The van der Waals surface area contributed by atoms with Crippen molar-refractivity contribution in [3.8, 4) is 11.3 Å². The minimum Gasteiger partial charge on any atom is -0.455 e. The highest BCUT2D eigenvalue weighted by molar-refractivity contribution is 9.10. The Hall–Kier alpha value is -1.40. The first kappa shape index (κ1) is 14.5. The average Bonchev–Trinajstić information content (AvgIpc) is 3.04. The molecule has 0 N–H and O–H groups in total. The van der Waals surface area contributed by atoms with Gasteiger partial charge in [0.2, 0.25) is 0 Å². The zero-order valence-corrected chi connectivity index (χ0v) is 13.6. The van der Waals surface area contributed by atoms with Crippen LogP contribution in [-0.4, -0.2) is 32.2 Å². The normalized spacial score (nSPS) is 21.1. The van der Waals surface area contributed by atoms with E-state index in [0.717, 1.165) is 15.8 Å². The predicted octanol–water partition coefficient (Wildman–Crippen LogP) is 3.32. The fourth-order valence-electron chi connectivity index (χ4n) is 2.26. The first-order valence-corrected chi connectivity index (χ1v) is 9.23. The second-order valence-electron chi connectivity index (χ2n) is 5.04. The molecule has 21 heavy (non-hydrogen) atoms. The van der Waals surface area contributed by atoms with Gasteiger partial charge in [-0.3, -0.25) is 4.99 Å². The maximum atomic E-state index is 11.4. The molecule has 1 saturated heterocycles. The quantitative estimate of drug-likeness (QED) is 0.781. The van der Waals surface area contributed by atoms with Gasteiger partial charge in [-0.15, -0.1) is 0 Å². The SMILES string of the molecule is O=S1(=O)CCC(N=Cc2ccc(-c3ccc(Br)cc3)o2)C1. The maximum Gasteiger partial charge on any atom is 0.152 e. The lowest BCUT2D eigenvalue weighted by molar-refractivity contribution is 0.573. The zero-order chi connectivity index (χ0) is 14.9. The molecule has 0 radical (unpaired) electrons. The molecular formula is C15H14BrNO3S. The maximum absolute atomic E-state index is 11.4. The van der Waals surface area contributed by atoms with Gasteiger partial charge < -0.3 is 4.42 Å². The van der Waals surface area contributed by atoms with Crippen molar-refractivity contribution in [2.45, 2.75) is 12.5 Å². The Balaban J connectivity index is 1.72. The Bertz CT molecular complexity index is 762. The van der Waals surface area contributed by atoms with Crippen LogP contribution in [0.5, 0.6) is 0 Å². The van der Waals surface area contributed by atoms with Crippen LogP contribution >= 0.6 is 15.9 Å². The van der Waals surface area contributed by atoms with E-state index in [1.807, 2.05) is 36.4 Å². The molecular weight excluding hydrogens is 354 g/mol. The number of aliphatic imine (C=N–C) groups is 1. The van der Waals surface area contributed by atoms with Gasteiger partial charge in [0, 0.05) is 10.0 Å². The summed E-state index contributed by atoms with van der Waals surface area (Å²) in [7, 11) is -2.89. The lowest BCUT2D eigenvalue weighted by Gasteiger charge is -1.98. The van der Waals surface area contributed by atoms with E-state index in [-0.39, 0.29) is 17.5 Å². The number of hydrogen-bond donors (Lipinski definition) is 0. The molecule has 1 aromatic carbocycles. The highest BCUT2D eigenvalue weighted by Crippen LogP contribution is 2.23. The molecule has 3 rings (SSSR count). The summed E-state index contributed by atoms with van der Waals surface area (Å²) in [5, 5.41) is 0. The summed E-state index contributed by atoms with van der Waals surface area (Å²) in [6.07, 6.45) is 2.22. The van der Waals surface area contributed by atoms with Crippen LogP contribution in [0.2, 0.25) is 0 Å². The highest BCUT2D eigenvalue weighted by atomic mass is 79.9. The zero-order valence-electron chi connectivity index (χ0n) is 11.2. The first-order chi connectivity index (χ1) is 10.0. The van der Waals surface area contributed by atoms with Crippen molar-refractivity contribution in [1.29, 1.82) is 0 Å². The van der Waals surface area contributed by atoms with Gasteiger partial charge in [-0.25, -0.2) is 8.42 Å². The first-order valence-electron chi connectivity index (χ1n) is 6.61. The fraction of sp³-hybridized carbons (Fsp3) is 0.267. The minimum atomic E-state index is -2.89. The summed E-state index contributed by atoms with van der Waals surface area (Å²) in [6.45, 7) is 0. The summed E-state index contributed by atoms with van der Waals surface area (Å²) in [5.41, 5.74) is 0.987. The van der Waals surface area contributed by atoms with E-state index in [9.17, 15) is 8.42 Å². The molecule has 110 valence electrons. The number of rotatable bonds is 3. The summed E-state index contributed by atoms with van der Waals surface area (Å²) in [6, 6.07) is 11.4. The molecule has 0 amide bonds. The molecule has 4 nitrogen and oxygen atoms in total. The van der Waals surface area contributed by atoms with Gasteiger partial charge in [0.05, 0.1) is 23.8 Å². The van der Waals surface area contributed by atoms with Crippen LogP contribution in [0.1, 0.15) is 12.2 Å². The van der Waals surface area contributed by atoms with Gasteiger partial charge in [0.1, 0.15) is 11.5 Å². The number of nitrogens with zero attached hydrogens (tertiary/aromatic N) is 1. The van der Waals surface area contributed by atoms with Gasteiger partial charge in [0.25, 0.3) is 0 Å². The standard InChI is InChI=1S/C15H14BrNO3S/c16-12-3-1-11(2-4-12)15-6-5-14(20-15)9-17-13-7-8-21(18,19)10-13/h1-6,9,13H,7-8,10H2. The lowest BCUT2D eigenvalue weighted by Crippen LogP contribution is -2.07. The van der Waals surface area contributed by atoms with Crippen molar-refractivity contribution < 1.29 is 12.8 Å². The molecule has 2 heterocycles. The van der Waals surface area contributed by atoms with E-state index in [4.69, 9.17) is 4.42 Å². The second-order valence-corrected chi connectivity index (χ2v) is 8.19. The molecule has 0 bridgehead atoms. The van der Waals surface area contributed by atoms with E-state index in [1.165, 1.54) is 0 Å². The topological polar surface area (TPSA) is 59.6 Å². The summed E-state index contributed by atoms with van der Waals surface area (Å²) < 4.78 is 29.5. The summed E-state index contributed by atoms with van der Waals surface area (Å²) in [5.74, 6) is 1.78. The van der Waals surface area contributed by atoms with E-state index < -0.39 is 9.84 Å². The summed E-state index contributed by atoms with van der Waals surface area (Å²) in [4.78, 5) is 4.30. The van der Waals surface area contributed by atoms with Crippen LogP contribution in [-0.2, 0) is 9.84 Å². The van der Waals surface area contributed by atoms with E-state index >= 15 is 0 Å². The largest absolute Gasteiger partial charge is 0.455 e. The predicted molar refractivity (Wildman–Crippen MR) is 86.5 cm³/mol. The number of sulfone groups is 1. The van der Waals surface area contributed by atoms with E-state index in [2.05, 4.69) is 20.9 Å². The average molecular weight is 368 g/mol. The lowest BCUT2D eigenvalue weighted by atomic mass is 10.2. The third-order valence-corrected chi connectivity index (χ3v) is 5.66. The van der Waals surface area contributed by atoms with Gasteiger partial charge >= 0.3 is 0 Å². The van der Waals surface area contributed by atoms with Gasteiger partial charge in [0.15, 0.2) is 9.84 Å². The van der Waals surface area contributed by atoms with Crippen LogP contribution in [0.25, 0.3) is 11.3 Å². The third-order valence-electron chi connectivity index (χ3n) is 3.38. The Morgan fingerprint density at radius 3 is 2.62 bits per heavy atom. The Kier molecular flexibility index (Phi) is 3.99. The molecule has 0 spiro atoms. The van der Waals surface area contributed by atoms with Crippen molar-refractivity contribution in [2.75, 3.05) is 11.5 Å². The van der Waals surface area contributed by atoms with Crippen LogP contribution in [0, 0.1) is 0 Å². The molecule has 1 atom stereocenters. The van der Waals surface area contributed by atoms with Gasteiger partial charge in [-0.1, -0.05) is 28.1 Å². The van der Waals surface area contributed by atoms with E-state index in [1.54, 1.807) is 6.21 Å². The molecule has 6 heteroatoms. The van der Waals surface area contributed by atoms with Crippen LogP contribution in [0.4, 0.5) is 0 Å². The van der Waals surface area contributed by atoms with Gasteiger partial charge in [-0.2, -0.15) is 0 Å². The molecule has 0 aliphatic carbocycles. The van der Waals surface area contributed by atoms with Crippen LogP contribution in [0.15, 0.2) is 50.3 Å². The monoisotopic (exact) mass is 367 g/mol. The number of halogens is 1.